The van der Waals surface area contributed by atoms with Gasteiger partial charge in [-0.25, -0.2) is 5.43 Å². The number of benzene rings is 2. The lowest BCUT2D eigenvalue weighted by Gasteiger charge is -2.22. The number of hydrogen-bond acceptors (Lipinski definition) is 4. The Hall–Kier alpha value is -2.86. The monoisotopic (exact) mass is 413 g/mol. The smallest absolute Gasteiger partial charge is 0.272 e. The number of amides is 2. The number of halogens is 1. The zero-order valence-electron chi connectivity index (χ0n) is 16.1. The Bertz CT molecular complexity index is 862. The Balaban J connectivity index is 1.43. The molecule has 1 saturated carbocycles. The van der Waals surface area contributed by atoms with Gasteiger partial charge in [0.15, 0.2) is 6.61 Å². The zero-order valence-corrected chi connectivity index (χ0v) is 16.8. The van der Waals surface area contributed by atoms with Crippen LogP contribution in [-0.4, -0.2) is 30.7 Å². The molecule has 29 heavy (non-hydrogen) atoms. The molecule has 0 aliphatic heterocycles. The molecule has 2 N–H and O–H groups in total. The minimum Gasteiger partial charge on any atom is -0.484 e. The molecule has 6 nitrogen and oxygen atoms in total. The normalized spacial score (nSPS) is 14.5. The van der Waals surface area contributed by atoms with Crippen molar-refractivity contribution in [2.24, 2.45) is 5.10 Å². The Labute approximate surface area is 175 Å². The average molecular weight is 414 g/mol. The summed E-state index contributed by atoms with van der Waals surface area (Å²) in [4.78, 5) is 24.0. The minimum atomic E-state index is -0.379. The van der Waals surface area contributed by atoms with Crippen molar-refractivity contribution in [3.8, 4) is 5.75 Å². The van der Waals surface area contributed by atoms with E-state index in [1.165, 1.54) is 25.5 Å². The van der Waals surface area contributed by atoms with E-state index in [1.807, 2.05) is 0 Å². The maximum Gasteiger partial charge on any atom is 0.272 e. The molecule has 2 aromatic carbocycles. The molecule has 2 amide bonds. The molecule has 3 rings (SSSR count). The molecule has 0 aromatic heterocycles. The van der Waals surface area contributed by atoms with Gasteiger partial charge in [0.1, 0.15) is 5.75 Å². The number of carbonyl (C=O) groups is 2. The van der Waals surface area contributed by atoms with E-state index in [2.05, 4.69) is 15.8 Å². The van der Waals surface area contributed by atoms with E-state index in [0.29, 0.717) is 16.3 Å². The SMILES string of the molecule is O=C(COc1ccc(/C=N\NC(=O)c2ccccc2Cl)cc1)NC1CCCCC1. The predicted molar refractivity (Wildman–Crippen MR) is 113 cm³/mol. The van der Waals surface area contributed by atoms with Crippen LogP contribution in [0.25, 0.3) is 0 Å². The standard InChI is InChI=1S/C22H24ClN3O3/c23-20-9-5-4-8-19(20)22(28)26-24-14-16-10-12-18(13-11-16)29-15-21(27)25-17-6-2-1-3-7-17/h4-5,8-14,17H,1-3,6-7,15H2,(H,25,27)(H,26,28)/b24-14-. The van der Waals surface area contributed by atoms with Gasteiger partial charge in [-0.1, -0.05) is 43.0 Å². The highest BCUT2D eigenvalue weighted by Gasteiger charge is 2.15. The van der Waals surface area contributed by atoms with Crippen molar-refractivity contribution in [1.82, 2.24) is 10.7 Å². The summed E-state index contributed by atoms with van der Waals surface area (Å²) in [6.45, 7) is -0.00215. The van der Waals surface area contributed by atoms with Gasteiger partial charge in [0.2, 0.25) is 0 Å². The topological polar surface area (TPSA) is 79.8 Å². The third kappa shape index (κ3) is 6.61. The molecular weight excluding hydrogens is 390 g/mol. The van der Waals surface area contributed by atoms with Crippen LogP contribution in [0.2, 0.25) is 5.02 Å². The van der Waals surface area contributed by atoms with Gasteiger partial charge in [-0.15, -0.1) is 0 Å². The van der Waals surface area contributed by atoms with Crippen molar-refractivity contribution in [3.05, 3.63) is 64.7 Å². The number of nitrogens with zero attached hydrogens (tertiary/aromatic N) is 1. The quantitative estimate of drug-likeness (QED) is 0.533. The predicted octanol–water partition coefficient (Wildman–Crippen LogP) is 3.93. The van der Waals surface area contributed by atoms with Crippen LogP contribution in [-0.2, 0) is 4.79 Å². The molecule has 2 aromatic rings. The minimum absolute atomic E-state index is 0.00215. The summed E-state index contributed by atoms with van der Waals surface area (Å²) >= 11 is 5.98. The van der Waals surface area contributed by atoms with Crippen molar-refractivity contribution < 1.29 is 14.3 Å². The van der Waals surface area contributed by atoms with E-state index in [-0.39, 0.29) is 24.5 Å². The third-order valence-electron chi connectivity index (χ3n) is 4.72. The van der Waals surface area contributed by atoms with Crippen molar-refractivity contribution in [3.63, 3.8) is 0 Å². The number of ether oxygens (including phenoxy) is 1. The number of carbonyl (C=O) groups excluding carboxylic acids is 2. The second kappa shape index (κ2) is 10.6. The molecule has 7 heteroatoms. The Kier molecular flexibility index (Phi) is 7.64. The number of hydrazone groups is 1. The Morgan fingerprint density at radius 2 is 1.79 bits per heavy atom. The first-order chi connectivity index (χ1) is 14.1. The number of hydrogen-bond donors (Lipinski definition) is 2. The maximum absolute atomic E-state index is 12.0. The highest BCUT2D eigenvalue weighted by molar-refractivity contribution is 6.33. The van der Waals surface area contributed by atoms with E-state index in [0.717, 1.165) is 18.4 Å². The maximum atomic E-state index is 12.0. The first kappa shape index (κ1) is 20.9. The van der Waals surface area contributed by atoms with Gasteiger partial charge in [-0.05, 0) is 54.8 Å². The van der Waals surface area contributed by atoms with Gasteiger partial charge >= 0.3 is 0 Å². The molecule has 152 valence electrons. The molecule has 1 fully saturated rings. The van der Waals surface area contributed by atoms with E-state index >= 15 is 0 Å². The summed E-state index contributed by atoms with van der Waals surface area (Å²) in [5.41, 5.74) is 3.59. The first-order valence-corrected chi connectivity index (χ1v) is 10.1. The van der Waals surface area contributed by atoms with Crippen LogP contribution in [0.15, 0.2) is 53.6 Å². The molecular formula is C22H24ClN3O3. The summed E-state index contributed by atoms with van der Waals surface area (Å²) in [7, 11) is 0. The fourth-order valence-electron chi connectivity index (χ4n) is 3.19. The van der Waals surface area contributed by atoms with Crippen LogP contribution >= 0.6 is 11.6 Å². The highest BCUT2D eigenvalue weighted by Crippen LogP contribution is 2.17. The largest absolute Gasteiger partial charge is 0.484 e. The Morgan fingerprint density at radius 3 is 2.52 bits per heavy atom. The molecule has 0 unspecified atom stereocenters. The fourth-order valence-corrected chi connectivity index (χ4v) is 3.41. The van der Waals surface area contributed by atoms with E-state index in [1.54, 1.807) is 48.5 Å². The molecule has 0 bridgehead atoms. The summed E-state index contributed by atoms with van der Waals surface area (Å²) in [6.07, 6.45) is 7.22. The van der Waals surface area contributed by atoms with Crippen LogP contribution in [0.1, 0.15) is 48.0 Å². The highest BCUT2D eigenvalue weighted by atomic mass is 35.5. The van der Waals surface area contributed by atoms with E-state index < -0.39 is 0 Å². The number of nitrogens with one attached hydrogen (secondary N) is 2. The van der Waals surface area contributed by atoms with Crippen LogP contribution in [0.4, 0.5) is 0 Å². The molecule has 0 atom stereocenters. The second-order valence-corrected chi connectivity index (χ2v) is 7.35. The van der Waals surface area contributed by atoms with Crippen LogP contribution in [0.5, 0.6) is 5.75 Å². The average Bonchev–Trinajstić information content (AvgIpc) is 2.74. The second-order valence-electron chi connectivity index (χ2n) is 6.94. The summed E-state index contributed by atoms with van der Waals surface area (Å²) in [5.74, 6) is 0.127. The van der Waals surface area contributed by atoms with Crippen molar-refractivity contribution >= 4 is 29.6 Å². The van der Waals surface area contributed by atoms with Crippen LogP contribution in [0, 0.1) is 0 Å². The molecule has 0 radical (unpaired) electrons. The molecule has 0 saturated heterocycles. The van der Waals surface area contributed by atoms with Crippen LogP contribution < -0.4 is 15.5 Å². The molecule has 0 spiro atoms. The van der Waals surface area contributed by atoms with Gasteiger partial charge in [-0.2, -0.15) is 5.10 Å². The van der Waals surface area contributed by atoms with Crippen LogP contribution in [0.3, 0.4) is 0 Å². The third-order valence-corrected chi connectivity index (χ3v) is 5.05. The van der Waals surface area contributed by atoms with E-state index in [9.17, 15) is 9.59 Å². The van der Waals surface area contributed by atoms with Gasteiger partial charge in [-0.3, -0.25) is 9.59 Å². The van der Waals surface area contributed by atoms with Crippen molar-refractivity contribution in [1.29, 1.82) is 0 Å². The lowest BCUT2D eigenvalue weighted by atomic mass is 9.95. The first-order valence-electron chi connectivity index (χ1n) is 9.72. The van der Waals surface area contributed by atoms with Crippen molar-refractivity contribution in [2.75, 3.05) is 6.61 Å². The zero-order chi connectivity index (χ0) is 20.5. The van der Waals surface area contributed by atoms with E-state index in [4.69, 9.17) is 16.3 Å². The number of rotatable bonds is 7. The summed E-state index contributed by atoms with van der Waals surface area (Å²) < 4.78 is 5.54. The van der Waals surface area contributed by atoms with Crippen molar-refractivity contribution in [2.45, 2.75) is 38.1 Å². The lowest BCUT2D eigenvalue weighted by Crippen LogP contribution is -2.38. The molecule has 0 heterocycles. The van der Waals surface area contributed by atoms with Gasteiger partial charge in [0.25, 0.3) is 11.8 Å². The fraction of sp³-hybridized carbons (Fsp3) is 0.318. The van der Waals surface area contributed by atoms with Gasteiger partial charge < -0.3 is 10.1 Å². The van der Waals surface area contributed by atoms with Gasteiger partial charge in [0, 0.05) is 6.04 Å². The molecule has 1 aliphatic rings. The molecule has 1 aliphatic carbocycles. The van der Waals surface area contributed by atoms with Gasteiger partial charge in [0.05, 0.1) is 16.8 Å². The summed E-state index contributed by atoms with van der Waals surface area (Å²) in [5, 5.41) is 7.33. The Morgan fingerprint density at radius 1 is 1.07 bits per heavy atom. The summed E-state index contributed by atoms with van der Waals surface area (Å²) in [6, 6.07) is 14.1. The lowest BCUT2D eigenvalue weighted by molar-refractivity contribution is -0.124.